The smallest absolute Gasteiger partial charge is 0.247 e. The Kier molecular flexibility index (Phi) is 2.65. The van der Waals surface area contributed by atoms with Gasteiger partial charge in [0.15, 0.2) is 0 Å². The van der Waals surface area contributed by atoms with Crippen LogP contribution in [0.15, 0.2) is 0 Å². The molecular weight excluding hydrogens is 118 g/mol. The van der Waals surface area contributed by atoms with Crippen molar-refractivity contribution in [1.82, 2.24) is 5.48 Å². The van der Waals surface area contributed by atoms with Crippen LogP contribution in [0.3, 0.4) is 0 Å². The molecule has 0 atom stereocenters. The first kappa shape index (κ1) is 8.43. The Morgan fingerprint density at radius 2 is 2.00 bits per heavy atom. The predicted octanol–water partition coefficient (Wildman–Crippen LogP) is 0.742. The molecule has 0 saturated heterocycles. The second kappa shape index (κ2) is 2.82. The van der Waals surface area contributed by atoms with Crippen LogP contribution in [0.25, 0.3) is 0 Å². The van der Waals surface area contributed by atoms with Gasteiger partial charge in [-0.05, 0) is 5.41 Å². The van der Waals surface area contributed by atoms with Crippen LogP contribution in [-0.4, -0.2) is 11.1 Å². The second-order valence-electron chi connectivity index (χ2n) is 2.99. The van der Waals surface area contributed by atoms with E-state index < -0.39 is 5.91 Å². The molecule has 0 aromatic carbocycles. The number of amides is 1. The Hall–Kier alpha value is -0.570. The van der Waals surface area contributed by atoms with E-state index in [2.05, 4.69) is 0 Å². The molecule has 1 radical (unpaired) electrons. The molecule has 0 fully saturated rings. The van der Waals surface area contributed by atoms with Crippen molar-refractivity contribution in [2.24, 2.45) is 5.41 Å². The maximum Gasteiger partial charge on any atom is 0.247 e. The summed E-state index contributed by atoms with van der Waals surface area (Å²) < 4.78 is 0. The fourth-order valence-electron chi connectivity index (χ4n) is 0.426. The summed E-state index contributed by atoms with van der Waals surface area (Å²) >= 11 is 0. The van der Waals surface area contributed by atoms with Gasteiger partial charge in [-0.1, -0.05) is 20.8 Å². The highest BCUT2D eigenvalue weighted by Gasteiger charge is 2.15. The van der Waals surface area contributed by atoms with Crippen molar-refractivity contribution in [3.8, 4) is 0 Å². The Morgan fingerprint density at radius 1 is 1.56 bits per heavy atom. The van der Waals surface area contributed by atoms with Crippen molar-refractivity contribution in [2.45, 2.75) is 20.8 Å². The predicted molar refractivity (Wildman–Crippen MR) is 33.7 cm³/mol. The van der Waals surface area contributed by atoms with Crippen LogP contribution >= 0.6 is 0 Å². The third-order valence-electron chi connectivity index (χ3n) is 0.674. The molecule has 0 bridgehead atoms. The minimum Gasteiger partial charge on any atom is -0.289 e. The lowest BCUT2D eigenvalue weighted by Crippen LogP contribution is -2.25. The monoisotopic (exact) mass is 130 g/mol. The maximum atomic E-state index is 10.4. The molecule has 0 aromatic rings. The van der Waals surface area contributed by atoms with E-state index in [0.29, 0.717) is 0 Å². The van der Waals surface area contributed by atoms with E-state index in [1.165, 1.54) is 11.9 Å². The fraction of sp³-hybridized carbons (Fsp3) is 0.667. The topological polar surface area (TPSA) is 49.3 Å². The van der Waals surface area contributed by atoms with Gasteiger partial charge >= 0.3 is 0 Å². The number of hydrogen-bond donors (Lipinski definition) is 2. The molecule has 0 unspecified atom stereocenters. The second-order valence-corrected chi connectivity index (χ2v) is 2.99. The van der Waals surface area contributed by atoms with Gasteiger partial charge in [-0.3, -0.25) is 10.0 Å². The number of carbonyl (C=O) groups is 1. The standard InChI is InChI=1S/C6H12NO2/c1-6(2,3)4-5(8)7-9/h4,9H,1-3H3,(H,7,8). The lowest BCUT2D eigenvalue weighted by Gasteiger charge is -2.14. The fourth-order valence-corrected chi connectivity index (χ4v) is 0.426. The van der Waals surface area contributed by atoms with Crippen LogP contribution in [-0.2, 0) is 4.79 Å². The highest BCUT2D eigenvalue weighted by molar-refractivity contribution is 5.84. The lowest BCUT2D eigenvalue weighted by atomic mass is 9.92. The summed E-state index contributed by atoms with van der Waals surface area (Å²) in [5.74, 6) is -0.456. The van der Waals surface area contributed by atoms with Crippen LogP contribution in [0.2, 0.25) is 0 Å². The molecule has 0 saturated carbocycles. The summed E-state index contributed by atoms with van der Waals surface area (Å²) in [6.07, 6.45) is 1.41. The molecule has 0 heterocycles. The van der Waals surface area contributed by atoms with E-state index in [1.54, 1.807) is 0 Å². The Labute approximate surface area is 55.0 Å². The highest BCUT2D eigenvalue weighted by Crippen LogP contribution is 2.16. The SMILES string of the molecule is CC(C)(C)[CH]C(=O)NO. The van der Waals surface area contributed by atoms with Gasteiger partial charge in [-0.25, -0.2) is 5.48 Å². The van der Waals surface area contributed by atoms with Crippen molar-refractivity contribution in [2.75, 3.05) is 0 Å². The van der Waals surface area contributed by atoms with E-state index in [9.17, 15) is 4.79 Å². The van der Waals surface area contributed by atoms with Gasteiger partial charge < -0.3 is 0 Å². The third kappa shape index (κ3) is 5.30. The summed E-state index contributed by atoms with van der Waals surface area (Å²) in [6, 6.07) is 0. The molecule has 0 aliphatic heterocycles. The van der Waals surface area contributed by atoms with E-state index in [0.717, 1.165) is 0 Å². The molecule has 3 heteroatoms. The third-order valence-corrected chi connectivity index (χ3v) is 0.674. The highest BCUT2D eigenvalue weighted by atomic mass is 16.5. The first-order valence-corrected chi connectivity index (χ1v) is 2.76. The molecule has 1 amide bonds. The van der Waals surface area contributed by atoms with Crippen molar-refractivity contribution in [1.29, 1.82) is 0 Å². The molecule has 9 heavy (non-hydrogen) atoms. The maximum absolute atomic E-state index is 10.4. The van der Waals surface area contributed by atoms with Gasteiger partial charge in [0.1, 0.15) is 0 Å². The van der Waals surface area contributed by atoms with Crippen molar-refractivity contribution < 1.29 is 10.0 Å². The van der Waals surface area contributed by atoms with Crippen LogP contribution in [0, 0.1) is 11.8 Å². The quantitative estimate of drug-likeness (QED) is 0.406. The van der Waals surface area contributed by atoms with Crippen LogP contribution < -0.4 is 5.48 Å². The molecule has 2 N–H and O–H groups in total. The van der Waals surface area contributed by atoms with Crippen LogP contribution in [0.1, 0.15) is 20.8 Å². The first-order valence-electron chi connectivity index (χ1n) is 2.76. The number of rotatable bonds is 1. The summed E-state index contributed by atoms with van der Waals surface area (Å²) in [5, 5.41) is 8.07. The summed E-state index contributed by atoms with van der Waals surface area (Å²) in [6.45, 7) is 5.63. The van der Waals surface area contributed by atoms with Crippen molar-refractivity contribution >= 4 is 5.91 Å². The van der Waals surface area contributed by atoms with Gasteiger partial charge in [0.05, 0.1) is 6.42 Å². The summed E-state index contributed by atoms with van der Waals surface area (Å²) in [5.41, 5.74) is 1.35. The Bertz CT molecular complexity index is 104. The molecule has 0 aromatic heterocycles. The Morgan fingerprint density at radius 3 is 2.11 bits per heavy atom. The van der Waals surface area contributed by atoms with E-state index in [4.69, 9.17) is 5.21 Å². The van der Waals surface area contributed by atoms with Crippen molar-refractivity contribution in [3.05, 3.63) is 6.42 Å². The zero-order chi connectivity index (χ0) is 7.49. The van der Waals surface area contributed by atoms with E-state index >= 15 is 0 Å². The van der Waals surface area contributed by atoms with Gasteiger partial charge in [0.25, 0.3) is 0 Å². The average Bonchev–Trinajstić information content (AvgIpc) is 1.62. The molecule has 0 aliphatic carbocycles. The minimum absolute atomic E-state index is 0.174. The average molecular weight is 130 g/mol. The number of nitrogens with one attached hydrogen (secondary N) is 1. The molecule has 0 rings (SSSR count). The zero-order valence-corrected chi connectivity index (χ0v) is 5.93. The van der Waals surface area contributed by atoms with Crippen molar-refractivity contribution in [3.63, 3.8) is 0 Å². The number of hydroxylamine groups is 1. The summed E-state index contributed by atoms with van der Waals surface area (Å²) in [4.78, 5) is 10.4. The molecule has 0 spiro atoms. The van der Waals surface area contributed by atoms with Gasteiger partial charge in [0, 0.05) is 0 Å². The molecular formula is C6H12NO2. The normalized spacial score (nSPS) is 11.1. The Balaban J connectivity index is 3.60. The molecule has 53 valence electrons. The number of carbonyl (C=O) groups excluding carboxylic acids is 1. The molecule has 0 aliphatic rings. The zero-order valence-electron chi connectivity index (χ0n) is 5.93. The summed E-state index contributed by atoms with van der Waals surface area (Å²) in [7, 11) is 0. The largest absolute Gasteiger partial charge is 0.289 e. The van der Waals surface area contributed by atoms with Gasteiger partial charge in [0.2, 0.25) is 5.91 Å². The van der Waals surface area contributed by atoms with Crippen LogP contribution in [0.5, 0.6) is 0 Å². The molecule has 3 nitrogen and oxygen atoms in total. The van der Waals surface area contributed by atoms with Gasteiger partial charge in [-0.2, -0.15) is 0 Å². The van der Waals surface area contributed by atoms with Crippen LogP contribution in [0.4, 0.5) is 0 Å². The van der Waals surface area contributed by atoms with E-state index in [-0.39, 0.29) is 5.41 Å². The van der Waals surface area contributed by atoms with E-state index in [1.807, 2.05) is 20.8 Å². The lowest BCUT2D eigenvalue weighted by molar-refractivity contribution is -0.126. The number of hydrogen-bond acceptors (Lipinski definition) is 2. The minimum atomic E-state index is -0.456. The first-order chi connectivity index (χ1) is 3.95. The van der Waals surface area contributed by atoms with Gasteiger partial charge in [-0.15, -0.1) is 0 Å².